The predicted molar refractivity (Wildman–Crippen MR) is 95.5 cm³/mol. The molecule has 0 bridgehead atoms. The first-order valence-electron chi connectivity index (χ1n) is 7.80. The molecule has 1 amide bonds. The molecular formula is C16H20N4OS2. The number of thioether (sulfide) groups is 1. The van der Waals surface area contributed by atoms with Crippen molar-refractivity contribution >= 4 is 39.8 Å². The van der Waals surface area contributed by atoms with Crippen LogP contribution in [0, 0.1) is 0 Å². The zero-order chi connectivity index (χ0) is 16.2. The van der Waals surface area contributed by atoms with Crippen molar-refractivity contribution < 1.29 is 4.79 Å². The van der Waals surface area contributed by atoms with Gasteiger partial charge in [-0.3, -0.25) is 4.79 Å². The highest BCUT2D eigenvalue weighted by Gasteiger charge is 2.26. The van der Waals surface area contributed by atoms with Crippen LogP contribution < -0.4 is 10.6 Å². The lowest BCUT2D eigenvalue weighted by Gasteiger charge is -2.08. The van der Waals surface area contributed by atoms with Crippen molar-refractivity contribution in [3.8, 4) is 0 Å². The summed E-state index contributed by atoms with van der Waals surface area (Å²) >= 11 is 2.92. The predicted octanol–water partition coefficient (Wildman–Crippen LogP) is 3.60. The first-order valence-corrected chi connectivity index (χ1v) is 9.50. The summed E-state index contributed by atoms with van der Waals surface area (Å²) in [5, 5.41) is 15.2. The van der Waals surface area contributed by atoms with Crippen LogP contribution in [0.15, 0.2) is 28.6 Å². The Bertz CT molecular complexity index is 667. The van der Waals surface area contributed by atoms with Crippen LogP contribution in [-0.4, -0.2) is 27.4 Å². The number of aromatic nitrogens is 2. The van der Waals surface area contributed by atoms with Gasteiger partial charge < -0.3 is 10.6 Å². The summed E-state index contributed by atoms with van der Waals surface area (Å²) in [5.41, 5.74) is 2.30. The van der Waals surface area contributed by atoms with Crippen molar-refractivity contribution in [1.29, 1.82) is 0 Å². The lowest BCUT2D eigenvalue weighted by Crippen LogP contribution is -2.32. The fraction of sp³-hybridized carbons (Fsp3) is 0.438. The Hall–Kier alpha value is -1.60. The maximum Gasteiger partial charge on any atom is 0.233 e. The van der Waals surface area contributed by atoms with Crippen molar-refractivity contribution in [2.75, 3.05) is 5.32 Å². The first-order chi connectivity index (χ1) is 11.1. The molecule has 2 N–H and O–H groups in total. The van der Waals surface area contributed by atoms with Gasteiger partial charge in [-0.2, -0.15) is 0 Å². The Morgan fingerprint density at radius 3 is 2.74 bits per heavy atom. The Morgan fingerprint density at radius 2 is 2.09 bits per heavy atom. The summed E-state index contributed by atoms with van der Waals surface area (Å²) in [6, 6.07) is 8.67. The fourth-order valence-electron chi connectivity index (χ4n) is 2.01. The quantitative estimate of drug-likeness (QED) is 0.748. The number of carbonyl (C=O) groups excluding carboxylic acids is 1. The lowest BCUT2D eigenvalue weighted by molar-refractivity contribution is -0.120. The van der Waals surface area contributed by atoms with Crippen molar-refractivity contribution in [1.82, 2.24) is 15.5 Å². The second-order valence-corrected chi connectivity index (χ2v) is 8.16. The molecule has 1 aromatic carbocycles. The van der Waals surface area contributed by atoms with Crippen LogP contribution in [0.4, 0.5) is 10.8 Å². The van der Waals surface area contributed by atoms with Crippen LogP contribution in [0.25, 0.3) is 0 Å². The van der Waals surface area contributed by atoms with Crippen LogP contribution in [0.1, 0.15) is 32.3 Å². The van der Waals surface area contributed by atoms with E-state index in [9.17, 15) is 4.79 Å². The van der Waals surface area contributed by atoms with Crippen molar-refractivity contribution in [2.24, 2.45) is 0 Å². The van der Waals surface area contributed by atoms with Gasteiger partial charge in [0.05, 0.1) is 5.25 Å². The van der Waals surface area contributed by atoms with E-state index in [0.717, 1.165) is 34.4 Å². The number of anilines is 2. The molecule has 1 aliphatic carbocycles. The maximum atomic E-state index is 12.0. The van der Waals surface area contributed by atoms with Gasteiger partial charge in [-0.05, 0) is 43.9 Å². The van der Waals surface area contributed by atoms with Crippen LogP contribution in [-0.2, 0) is 11.2 Å². The summed E-state index contributed by atoms with van der Waals surface area (Å²) in [5.74, 6) is 0.0809. The third-order valence-electron chi connectivity index (χ3n) is 3.59. The third kappa shape index (κ3) is 4.68. The molecule has 1 atom stereocenters. The summed E-state index contributed by atoms with van der Waals surface area (Å²) < 4.78 is 0.802. The molecule has 0 aliphatic heterocycles. The van der Waals surface area contributed by atoms with Gasteiger partial charge >= 0.3 is 0 Å². The molecule has 2 aromatic rings. The minimum Gasteiger partial charge on any atom is -0.352 e. The highest BCUT2D eigenvalue weighted by molar-refractivity contribution is 8.02. The third-order valence-corrected chi connectivity index (χ3v) is 5.61. The second kappa shape index (κ2) is 7.31. The van der Waals surface area contributed by atoms with Gasteiger partial charge in [-0.15, -0.1) is 10.2 Å². The molecule has 1 aromatic heterocycles. The van der Waals surface area contributed by atoms with Gasteiger partial charge in [0.15, 0.2) is 4.34 Å². The monoisotopic (exact) mass is 348 g/mol. The highest BCUT2D eigenvalue weighted by atomic mass is 32.2. The van der Waals surface area contributed by atoms with Crippen molar-refractivity contribution in [2.45, 2.75) is 48.7 Å². The summed E-state index contributed by atoms with van der Waals surface area (Å²) in [4.78, 5) is 12.0. The van der Waals surface area contributed by atoms with Crippen LogP contribution in [0.5, 0.6) is 0 Å². The number of benzene rings is 1. The molecule has 3 rings (SSSR count). The Labute approximate surface area is 144 Å². The topological polar surface area (TPSA) is 66.9 Å². The summed E-state index contributed by atoms with van der Waals surface area (Å²) in [7, 11) is 0. The number of amides is 1. The number of hydrogen-bond donors (Lipinski definition) is 2. The molecule has 1 saturated carbocycles. The number of rotatable bonds is 7. The largest absolute Gasteiger partial charge is 0.352 e. The number of hydrogen-bond acceptors (Lipinski definition) is 6. The average molecular weight is 348 g/mol. The Balaban J connectivity index is 1.55. The van der Waals surface area contributed by atoms with E-state index in [1.807, 2.05) is 19.1 Å². The minimum atomic E-state index is -0.153. The summed E-state index contributed by atoms with van der Waals surface area (Å²) in [6.45, 7) is 4.04. The van der Waals surface area contributed by atoms with E-state index in [1.165, 1.54) is 28.7 Å². The smallest absolute Gasteiger partial charge is 0.233 e. The second-order valence-electron chi connectivity index (χ2n) is 5.59. The maximum absolute atomic E-state index is 12.0. The molecule has 0 spiro atoms. The lowest BCUT2D eigenvalue weighted by atomic mass is 10.1. The van der Waals surface area contributed by atoms with Crippen LogP contribution in [0.3, 0.4) is 0 Å². The molecule has 1 fully saturated rings. The van der Waals surface area contributed by atoms with Gasteiger partial charge in [-0.25, -0.2) is 0 Å². The van der Waals surface area contributed by atoms with E-state index in [0.29, 0.717) is 6.04 Å². The van der Waals surface area contributed by atoms with E-state index in [1.54, 1.807) is 0 Å². The zero-order valence-corrected chi connectivity index (χ0v) is 14.8. The molecule has 5 nitrogen and oxygen atoms in total. The van der Waals surface area contributed by atoms with E-state index in [2.05, 4.69) is 39.9 Å². The standard InChI is InChI=1S/C16H20N4OS2/c1-3-11-4-6-13(7-5-11)18-15-19-20-16(23-15)22-10(2)14(21)17-12-8-9-12/h4-7,10,12H,3,8-9H2,1-2H3,(H,17,21)(H,18,19)/t10-/m1/s1. The van der Waals surface area contributed by atoms with E-state index < -0.39 is 0 Å². The van der Waals surface area contributed by atoms with Gasteiger partial charge in [0, 0.05) is 11.7 Å². The van der Waals surface area contributed by atoms with E-state index >= 15 is 0 Å². The molecule has 1 aliphatic rings. The molecule has 1 heterocycles. The Kier molecular flexibility index (Phi) is 5.17. The SMILES string of the molecule is CCc1ccc(Nc2nnc(S[C@H](C)C(=O)NC3CC3)s2)cc1. The number of nitrogens with zero attached hydrogens (tertiary/aromatic N) is 2. The average Bonchev–Trinajstić information content (AvgIpc) is 3.26. The van der Waals surface area contributed by atoms with Crippen LogP contribution in [0.2, 0.25) is 0 Å². The molecule has 0 radical (unpaired) electrons. The van der Waals surface area contributed by atoms with Gasteiger partial charge in [-0.1, -0.05) is 42.2 Å². The van der Waals surface area contributed by atoms with Crippen molar-refractivity contribution in [3.05, 3.63) is 29.8 Å². The highest BCUT2D eigenvalue weighted by Crippen LogP contribution is 2.31. The zero-order valence-electron chi connectivity index (χ0n) is 13.2. The molecule has 0 saturated heterocycles. The van der Waals surface area contributed by atoms with Crippen LogP contribution >= 0.6 is 23.1 Å². The Morgan fingerprint density at radius 1 is 1.35 bits per heavy atom. The normalized spacial score (nSPS) is 15.2. The first kappa shape index (κ1) is 16.3. The fourth-order valence-corrected chi connectivity index (χ4v) is 3.93. The number of carbonyl (C=O) groups is 1. The number of nitrogens with one attached hydrogen (secondary N) is 2. The van der Waals surface area contributed by atoms with Gasteiger partial charge in [0.25, 0.3) is 0 Å². The van der Waals surface area contributed by atoms with E-state index in [4.69, 9.17) is 0 Å². The van der Waals surface area contributed by atoms with E-state index in [-0.39, 0.29) is 11.2 Å². The van der Waals surface area contributed by atoms with Crippen molar-refractivity contribution in [3.63, 3.8) is 0 Å². The number of aryl methyl sites for hydroxylation is 1. The summed E-state index contributed by atoms with van der Waals surface area (Å²) in [6.07, 6.45) is 3.24. The van der Waals surface area contributed by atoms with Gasteiger partial charge in [0.2, 0.25) is 11.0 Å². The van der Waals surface area contributed by atoms with Gasteiger partial charge in [0.1, 0.15) is 0 Å². The molecule has 122 valence electrons. The molecule has 23 heavy (non-hydrogen) atoms. The molecule has 7 heteroatoms. The minimum absolute atomic E-state index is 0.0809. The molecular weight excluding hydrogens is 328 g/mol. The molecule has 0 unspecified atom stereocenters.